The molecule has 41 heavy (non-hydrogen) atoms. The van der Waals surface area contributed by atoms with Crippen molar-refractivity contribution in [3.63, 3.8) is 0 Å². The molecule has 2 aromatic carbocycles. The van der Waals surface area contributed by atoms with Crippen molar-refractivity contribution in [2.24, 2.45) is 0 Å². The largest absolute Gasteiger partial charge is 0.506 e. The van der Waals surface area contributed by atoms with Crippen LogP contribution in [0.15, 0.2) is 60.8 Å². The maximum absolute atomic E-state index is 15.1. The lowest BCUT2D eigenvalue weighted by Gasteiger charge is -2.15. The standard InChI is InChI=1S/C29H22F2N4O6/c1-14-23(26(36)24(28(38)33-14)15-4-6-16(30)7-5-15)27(37)34-17-8-9-20(18(31)12-17)41-21-10-11-32-19-13-22(39-2)29(40-3)35-25(19)21/h4-13H,1-3H3,(H,34,37)(H2,33,36,38). The summed E-state index contributed by atoms with van der Waals surface area (Å²) < 4.78 is 44.7. The highest BCUT2D eigenvalue weighted by molar-refractivity contribution is 6.08. The summed E-state index contributed by atoms with van der Waals surface area (Å²) in [6, 6.07) is 11.8. The van der Waals surface area contributed by atoms with Crippen LogP contribution in [0, 0.1) is 18.6 Å². The number of nitrogens with one attached hydrogen (secondary N) is 1. The zero-order valence-corrected chi connectivity index (χ0v) is 21.9. The maximum atomic E-state index is 15.1. The Hall–Kier alpha value is -5.52. The first-order chi connectivity index (χ1) is 19.7. The van der Waals surface area contributed by atoms with Gasteiger partial charge in [0.15, 0.2) is 23.1 Å². The van der Waals surface area contributed by atoms with E-state index in [1.165, 1.54) is 57.7 Å². The molecule has 0 aliphatic heterocycles. The number of benzene rings is 2. The summed E-state index contributed by atoms with van der Waals surface area (Å²) in [7, 11) is 2.89. The zero-order valence-electron chi connectivity index (χ0n) is 21.9. The number of hydrogen-bond acceptors (Lipinski definition) is 9. The van der Waals surface area contributed by atoms with E-state index >= 15 is 4.39 Å². The lowest BCUT2D eigenvalue weighted by molar-refractivity contribution is 0.102. The van der Waals surface area contributed by atoms with Crippen LogP contribution in [0.1, 0.15) is 16.1 Å². The summed E-state index contributed by atoms with van der Waals surface area (Å²) in [4.78, 5) is 25.6. The predicted octanol–water partition coefficient (Wildman–Crippen LogP) is 5.75. The first-order valence-corrected chi connectivity index (χ1v) is 12.0. The van der Waals surface area contributed by atoms with Gasteiger partial charge in [0.1, 0.15) is 22.6 Å². The third-order valence-electron chi connectivity index (χ3n) is 6.12. The van der Waals surface area contributed by atoms with E-state index in [0.29, 0.717) is 16.8 Å². The van der Waals surface area contributed by atoms with Crippen LogP contribution >= 0.6 is 0 Å². The molecule has 3 N–H and O–H groups in total. The molecule has 0 saturated carbocycles. The topological polar surface area (TPSA) is 136 Å². The van der Waals surface area contributed by atoms with E-state index < -0.39 is 29.2 Å². The van der Waals surface area contributed by atoms with Crippen molar-refractivity contribution >= 4 is 22.6 Å². The molecule has 3 heterocycles. The van der Waals surface area contributed by atoms with Gasteiger partial charge in [-0.1, -0.05) is 12.1 Å². The van der Waals surface area contributed by atoms with Gasteiger partial charge in [-0.3, -0.25) is 9.78 Å². The zero-order chi connectivity index (χ0) is 29.3. The molecule has 0 spiro atoms. The van der Waals surface area contributed by atoms with Crippen molar-refractivity contribution in [3.8, 4) is 45.9 Å². The van der Waals surface area contributed by atoms with Crippen molar-refractivity contribution in [1.29, 1.82) is 0 Å². The predicted molar refractivity (Wildman–Crippen MR) is 145 cm³/mol. The number of carbonyl (C=O) groups is 1. The molecule has 0 fully saturated rings. The summed E-state index contributed by atoms with van der Waals surface area (Å²) in [5.74, 6) is -2.62. The molecule has 5 aromatic rings. The Labute approximate surface area is 231 Å². The van der Waals surface area contributed by atoms with Crippen LogP contribution < -0.4 is 19.5 Å². The van der Waals surface area contributed by atoms with Gasteiger partial charge in [0.05, 0.1) is 31.0 Å². The molecule has 0 aliphatic rings. The molecule has 0 atom stereocenters. The smallest absolute Gasteiger partial charge is 0.261 e. The van der Waals surface area contributed by atoms with E-state index in [-0.39, 0.29) is 45.5 Å². The van der Waals surface area contributed by atoms with Crippen LogP contribution in [0.2, 0.25) is 0 Å². The molecule has 0 bridgehead atoms. The van der Waals surface area contributed by atoms with E-state index in [2.05, 4.69) is 20.3 Å². The number of carbonyl (C=O) groups excluding carboxylic acids is 1. The summed E-state index contributed by atoms with van der Waals surface area (Å²) in [5.41, 5.74) is 0.660. The number of hydrogen-bond donors (Lipinski definition) is 3. The van der Waals surface area contributed by atoms with Gasteiger partial charge in [-0.05, 0) is 36.8 Å². The van der Waals surface area contributed by atoms with E-state index in [4.69, 9.17) is 14.2 Å². The third kappa shape index (κ3) is 5.22. The van der Waals surface area contributed by atoms with Gasteiger partial charge >= 0.3 is 0 Å². The second kappa shape index (κ2) is 10.9. The molecule has 0 radical (unpaired) electrons. The van der Waals surface area contributed by atoms with Gasteiger partial charge in [-0.25, -0.2) is 18.7 Å². The van der Waals surface area contributed by atoms with Gasteiger partial charge in [0, 0.05) is 30.1 Å². The third-order valence-corrected chi connectivity index (χ3v) is 6.12. The average Bonchev–Trinajstić information content (AvgIpc) is 2.94. The number of methoxy groups -OCH3 is 2. The molecule has 3 aromatic heterocycles. The Kier molecular flexibility index (Phi) is 7.21. The number of aryl methyl sites for hydroxylation is 1. The molecular weight excluding hydrogens is 538 g/mol. The highest BCUT2D eigenvalue weighted by Gasteiger charge is 2.24. The van der Waals surface area contributed by atoms with E-state index in [9.17, 15) is 19.4 Å². The van der Waals surface area contributed by atoms with Gasteiger partial charge in [0.25, 0.3) is 11.8 Å². The second-order valence-electron chi connectivity index (χ2n) is 8.70. The Morgan fingerprint density at radius 2 is 1.66 bits per heavy atom. The Balaban J connectivity index is 1.42. The Morgan fingerprint density at radius 1 is 0.902 bits per heavy atom. The van der Waals surface area contributed by atoms with Gasteiger partial charge in [-0.2, -0.15) is 0 Å². The van der Waals surface area contributed by atoms with Crippen LogP contribution in [0.25, 0.3) is 22.2 Å². The fourth-order valence-corrected chi connectivity index (χ4v) is 4.19. The van der Waals surface area contributed by atoms with Gasteiger partial charge in [-0.15, -0.1) is 0 Å². The van der Waals surface area contributed by atoms with Crippen LogP contribution in [0.4, 0.5) is 14.5 Å². The van der Waals surface area contributed by atoms with Crippen molar-refractivity contribution in [2.45, 2.75) is 6.92 Å². The lowest BCUT2D eigenvalue weighted by atomic mass is 10.0. The van der Waals surface area contributed by atoms with Crippen LogP contribution in [-0.2, 0) is 0 Å². The quantitative estimate of drug-likeness (QED) is 0.227. The molecule has 0 aliphatic carbocycles. The number of rotatable bonds is 7. The molecular formula is C29H22F2N4O6. The monoisotopic (exact) mass is 560 g/mol. The minimum atomic E-state index is -0.811. The highest BCUT2D eigenvalue weighted by atomic mass is 19.1. The van der Waals surface area contributed by atoms with Crippen molar-refractivity contribution in [3.05, 3.63) is 83.7 Å². The maximum Gasteiger partial charge on any atom is 0.261 e. The SMILES string of the molecule is COc1cc2nccc(Oc3ccc(NC(=O)c4c(C)nc(O)c(-c5ccc(F)cc5)c4O)cc3F)c2nc1OC. The first kappa shape index (κ1) is 27.1. The summed E-state index contributed by atoms with van der Waals surface area (Å²) in [5, 5.41) is 23.7. The summed E-state index contributed by atoms with van der Waals surface area (Å²) in [6.07, 6.45) is 1.47. The number of nitrogens with zero attached hydrogens (tertiary/aromatic N) is 3. The number of aromatic hydroxyl groups is 2. The summed E-state index contributed by atoms with van der Waals surface area (Å²) in [6.45, 7) is 1.41. The Morgan fingerprint density at radius 3 is 2.34 bits per heavy atom. The number of fused-ring (bicyclic) bond motifs is 1. The Bertz CT molecular complexity index is 1800. The van der Waals surface area contributed by atoms with Crippen LogP contribution in [0.5, 0.6) is 34.8 Å². The molecule has 208 valence electrons. The van der Waals surface area contributed by atoms with E-state index in [1.54, 1.807) is 6.07 Å². The molecule has 1 amide bonds. The van der Waals surface area contributed by atoms with E-state index in [1.807, 2.05) is 0 Å². The van der Waals surface area contributed by atoms with Gasteiger partial charge < -0.3 is 29.7 Å². The van der Waals surface area contributed by atoms with Crippen molar-refractivity contribution < 1.29 is 38.0 Å². The van der Waals surface area contributed by atoms with Crippen molar-refractivity contribution in [1.82, 2.24) is 15.0 Å². The fourth-order valence-electron chi connectivity index (χ4n) is 4.19. The number of anilines is 1. The lowest BCUT2D eigenvalue weighted by Crippen LogP contribution is -2.15. The summed E-state index contributed by atoms with van der Waals surface area (Å²) >= 11 is 0. The molecule has 5 rings (SSSR count). The first-order valence-electron chi connectivity index (χ1n) is 12.0. The highest BCUT2D eigenvalue weighted by Crippen LogP contribution is 2.40. The van der Waals surface area contributed by atoms with Crippen molar-refractivity contribution in [2.75, 3.05) is 19.5 Å². The number of ether oxygens (including phenoxy) is 3. The average molecular weight is 561 g/mol. The minimum absolute atomic E-state index is 0.0212. The number of halogens is 2. The second-order valence-corrected chi connectivity index (χ2v) is 8.70. The number of pyridine rings is 3. The van der Waals surface area contributed by atoms with Gasteiger partial charge in [0.2, 0.25) is 5.88 Å². The van der Waals surface area contributed by atoms with E-state index in [0.717, 1.165) is 18.2 Å². The fraction of sp³-hybridized carbons (Fsp3) is 0.103. The molecule has 0 saturated heterocycles. The molecule has 10 nitrogen and oxygen atoms in total. The normalized spacial score (nSPS) is 10.9. The van der Waals surface area contributed by atoms with Crippen LogP contribution in [-0.4, -0.2) is 45.3 Å². The minimum Gasteiger partial charge on any atom is -0.506 e. The number of amides is 1. The molecule has 0 unspecified atom stereocenters. The van der Waals surface area contributed by atoms with Crippen LogP contribution in [0.3, 0.4) is 0 Å². The number of aromatic nitrogens is 3. The molecule has 12 heteroatoms.